The monoisotopic (exact) mass is 321 g/mol. The van der Waals surface area contributed by atoms with Gasteiger partial charge in [-0.2, -0.15) is 0 Å². The Kier molecular flexibility index (Phi) is 6.34. The highest BCUT2D eigenvalue weighted by Crippen LogP contribution is 2.18. The van der Waals surface area contributed by atoms with Gasteiger partial charge in [0, 0.05) is 25.8 Å². The Morgan fingerprint density at radius 3 is 3.04 bits per heavy atom. The van der Waals surface area contributed by atoms with Crippen molar-refractivity contribution in [3.63, 3.8) is 0 Å². The number of guanidine groups is 1. The van der Waals surface area contributed by atoms with E-state index in [4.69, 9.17) is 13.9 Å². The predicted octanol–water partition coefficient (Wildman–Crippen LogP) is 2.06. The van der Waals surface area contributed by atoms with E-state index >= 15 is 0 Å². The molecule has 2 aliphatic rings. The summed E-state index contributed by atoms with van der Waals surface area (Å²) in [5.74, 6) is 1.74. The van der Waals surface area contributed by atoms with E-state index in [1.165, 1.54) is 12.8 Å². The van der Waals surface area contributed by atoms with E-state index in [0.717, 1.165) is 57.3 Å². The fourth-order valence-corrected chi connectivity index (χ4v) is 2.50. The van der Waals surface area contributed by atoms with Crippen LogP contribution in [0.3, 0.4) is 0 Å². The van der Waals surface area contributed by atoms with Gasteiger partial charge in [0.2, 0.25) is 0 Å². The summed E-state index contributed by atoms with van der Waals surface area (Å²) in [6.45, 7) is 3.77. The summed E-state index contributed by atoms with van der Waals surface area (Å²) in [4.78, 5) is 4.57. The van der Waals surface area contributed by atoms with Crippen LogP contribution in [0.1, 0.15) is 37.9 Å². The lowest BCUT2D eigenvalue weighted by Crippen LogP contribution is -2.39. The maximum absolute atomic E-state index is 5.67. The highest BCUT2D eigenvalue weighted by Gasteiger charge is 2.22. The van der Waals surface area contributed by atoms with Gasteiger partial charge < -0.3 is 24.5 Å². The first-order valence-electron chi connectivity index (χ1n) is 8.67. The van der Waals surface area contributed by atoms with Crippen molar-refractivity contribution in [3.05, 3.63) is 24.2 Å². The van der Waals surface area contributed by atoms with Crippen LogP contribution in [-0.2, 0) is 16.0 Å². The number of ether oxygens (including phenoxy) is 2. The quantitative estimate of drug-likeness (QED) is 0.414. The first-order valence-corrected chi connectivity index (χ1v) is 8.67. The van der Waals surface area contributed by atoms with E-state index in [-0.39, 0.29) is 0 Å². The Morgan fingerprint density at radius 2 is 2.30 bits per heavy atom. The molecule has 2 heterocycles. The van der Waals surface area contributed by atoms with Crippen molar-refractivity contribution < 1.29 is 13.9 Å². The van der Waals surface area contributed by atoms with Crippen molar-refractivity contribution in [1.82, 2.24) is 10.6 Å². The first kappa shape index (κ1) is 16.3. The molecule has 1 aromatic rings. The second-order valence-corrected chi connectivity index (χ2v) is 6.15. The van der Waals surface area contributed by atoms with Crippen LogP contribution in [0.2, 0.25) is 0 Å². The van der Waals surface area contributed by atoms with E-state index in [9.17, 15) is 0 Å². The SMILES string of the molecule is c1coc(CN=C(NCCCOCC2CCCO2)NC2CC2)c1. The summed E-state index contributed by atoms with van der Waals surface area (Å²) in [7, 11) is 0. The van der Waals surface area contributed by atoms with Crippen molar-refractivity contribution >= 4 is 5.96 Å². The van der Waals surface area contributed by atoms with E-state index in [2.05, 4.69) is 15.6 Å². The van der Waals surface area contributed by atoms with Gasteiger partial charge in [0.15, 0.2) is 5.96 Å². The van der Waals surface area contributed by atoms with Crippen LogP contribution in [0.25, 0.3) is 0 Å². The van der Waals surface area contributed by atoms with Crippen molar-refractivity contribution in [2.24, 2.45) is 4.99 Å². The van der Waals surface area contributed by atoms with Crippen LogP contribution in [0, 0.1) is 0 Å². The zero-order valence-electron chi connectivity index (χ0n) is 13.6. The van der Waals surface area contributed by atoms with Gasteiger partial charge in [-0.05, 0) is 44.2 Å². The first-order chi connectivity index (χ1) is 11.4. The van der Waals surface area contributed by atoms with Gasteiger partial charge in [0.05, 0.1) is 19.0 Å². The zero-order chi connectivity index (χ0) is 15.7. The number of nitrogens with zero attached hydrogens (tertiary/aromatic N) is 1. The molecular weight excluding hydrogens is 294 g/mol. The van der Waals surface area contributed by atoms with Crippen LogP contribution in [0.15, 0.2) is 27.8 Å². The average molecular weight is 321 g/mol. The zero-order valence-corrected chi connectivity index (χ0v) is 13.6. The van der Waals surface area contributed by atoms with Gasteiger partial charge in [-0.15, -0.1) is 0 Å². The van der Waals surface area contributed by atoms with Crippen LogP contribution in [0.5, 0.6) is 0 Å². The second-order valence-electron chi connectivity index (χ2n) is 6.15. The minimum atomic E-state index is 0.310. The molecule has 0 aromatic carbocycles. The van der Waals surface area contributed by atoms with Crippen molar-refractivity contribution in [3.8, 4) is 0 Å². The molecule has 0 radical (unpaired) electrons. The van der Waals surface area contributed by atoms with Crippen LogP contribution in [0.4, 0.5) is 0 Å². The number of nitrogens with one attached hydrogen (secondary N) is 2. The summed E-state index contributed by atoms with van der Waals surface area (Å²) >= 11 is 0. The second kappa shape index (κ2) is 8.93. The molecule has 1 aromatic heterocycles. The number of aliphatic imine (C=N–C) groups is 1. The van der Waals surface area contributed by atoms with Gasteiger partial charge in [0.25, 0.3) is 0 Å². The van der Waals surface area contributed by atoms with Gasteiger partial charge in [0.1, 0.15) is 12.3 Å². The molecule has 3 rings (SSSR count). The molecule has 6 nitrogen and oxygen atoms in total. The van der Waals surface area contributed by atoms with Crippen LogP contribution in [-0.4, -0.2) is 44.5 Å². The summed E-state index contributed by atoms with van der Waals surface area (Å²) in [5, 5.41) is 6.79. The van der Waals surface area contributed by atoms with E-state index in [1.807, 2.05) is 12.1 Å². The third-order valence-electron chi connectivity index (χ3n) is 3.98. The molecule has 1 unspecified atom stereocenters. The summed E-state index contributed by atoms with van der Waals surface area (Å²) in [6, 6.07) is 4.41. The molecular formula is C17H27N3O3. The normalized spacial score (nSPS) is 21.6. The largest absolute Gasteiger partial charge is 0.467 e. The smallest absolute Gasteiger partial charge is 0.191 e. The molecule has 1 aliphatic carbocycles. The average Bonchev–Trinajstić information content (AvgIpc) is 3.04. The van der Waals surface area contributed by atoms with Gasteiger partial charge >= 0.3 is 0 Å². The Bertz CT molecular complexity index is 465. The standard InChI is InChI=1S/C17H27N3O3/c1-4-15(22-10-1)12-19-17(20-14-6-7-14)18-8-3-9-21-13-16-5-2-11-23-16/h1,4,10,14,16H,2-3,5-9,11-13H2,(H2,18,19,20). The maximum Gasteiger partial charge on any atom is 0.191 e. The summed E-state index contributed by atoms with van der Waals surface area (Å²) in [6.07, 6.45) is 7.70. The van der Waals surface area contributed by atoms with Crippen molar-refractivity contribution in [2.45, 2.75) is 50.8 Å². The van der Waals surface area contributed by atoms with Crippen LogP contribution < -0.4 is 10.6 Å². The predicted molar refractivity (Wildman–Crippen MR) is 88.4 cm³/mol. The Balaban J connectivity index is 1.30. The maximum atomic E-state index is 5.67. The molecule has 0 bridgehead atoms. The molecule has 1 saturated heterocycles. The third kappa shape index (κ3) is 6.23. The van der Waals surface area contributed by atoms with Crippen molar-refractivity contribution in [1.29, 1.82) is 0 Å². The molecule has 0 amide bonds. The lowest BCUT2D eigenvalue weighted by Gasteiger charge is -2.13. The van der Waals surface area contributed by atoms with E-state index in [0.29, 0.717) is 18.7 Å². The fourth-order valence-electron chi connectivity index (χ4n) is 2.50. The number of rotatable bonds is 9. The highest BCUT2D eigenvalue weighted by molar-refractivity contribution is 5.80. The highest BCUT2D eigenvalue weighted by atomic mass is 16.5. The molecule has 1 saturated carbocycles. The minimum absolute atomic E-state index is 0.310. The minimum Gasteiger partial charge on any atom is -0.467 e. The third-order valence-corrected chi connectivity index (χ3v) is 3.98. The number of hydrogen-bond acceptors (Lipinski definition) is 4. The van der Waals surface area contributed by atoms with E-state index in [1.54, 1.807) is 6.26 Å². The lowest BCUT2D eigenvalue weighted by molar-refractivity contribution is 0.0168. The Labute approximate surface area is 137 Å². The molecule has 128 valence electrons. The van der Waals surface area contributed by atoms with Crippen molar-refractivity contribution in [2.75, 3.05) is 26.4 Å². The molecule has 1 atom stereocenters. The lowest BCUT2D eigenvalue weighted by atomic mass is 10.2. The topological polar surface area (TPSA) is 68.0 Å². The molecule has 6 heteroatoms. The molecule has 1 aliphatic heterocycles. The molecule has 23 heavy (non-hydrogen) atoms. The van der Waals surface area contributed by atoms with Gasteiger partial charge in [-0.25, -0.2) is 4.99 Å². The van der Waals surface area contributed by atoms with Gasteiger partial charge in [-0.1, -0.05) is 0 Å². The summed E-state index contributed by atoms with van der Waals surface area (Å²) in [5.41, 5.74) is 0. The Hall–Kier alpha value is -1.53. The van der Waals surface area contributed by atoms with Crippen LogP contribution >= 0.6 is 0 Å². The Morgan fingerprint density at radius 1 is 1.35 bits per heavy atom. The number of furan rings is 1. The van der Waals surface area contributed by atoms with E-state index < -0.39 is 0 Å². The number of hydrogen-bond donors (Lipinski definition) is 2. The fraction of sp³-hybridized carbons (Fsp3) is 0.706. The molecule has 0 spiro atoms. The van der Waals surface area contributed by atoms with Gasteiger partial charge in [-0.3, -0.25) is 0 Å². The molecule has 2 fully saturated rings. The molecule has 2 N–H and O–H groups in total. The summed E-state index contributed by atoms with van der Waals surface area (Å²) < 4.78 is 16.5.